The molecule has 0 bridgehead atoms. The second-order valence-corrected chi connectivity index (χ2v) is 9.44. The zero-order valence-electron chi connectivity index (χ0n) is 17.0. The van der Waals surface area contributed by atoms with Crippen LogP contribution in [0.25, 0.3) is 0 Å². The van der Waals surface area contributed by atoms with Crippen molar-refractivity contribution in [1.82, 2.24) is 4.90 Å². The monoisotopic (exact) mass is 439 g/mol. The molecule has 0 spiro atoms. The lowest BCUT2D eigenvalue weighted by atomic mass is 9.84. The molecule has 3 aromatic carbocycles. The second-order valence-electron chi connectivity index (χ2n) is 7.89. The Labute approximate surface area is 181 Å². The lowest BCUT2D eigenvalue weighted by molar-refractivity contribution is 0.159. The Hall–Kier alpha value is -2.90. The quantitative estimate of drug-likeness (QED) is 0.569. The van der Waals surface area contributed by atoms with Crippen molar-refractivity contribution >= 4 is 10.1 Å². The van der Waals surface area contributed by atoms with Gasteiger partial charge in [-0.25, -0.2) is 4.39 Å². The number of rotatable bonds is 4. The molecule has 0 radical (unpaired) electrons. The molecule has 0 amide bonds. The van der Waals surface area contributed by atoms with E-state index in [1.165, 1.54) is 29.3 Å². The normalized spacial score (nSPS) is 17.9. The van der Waals surface area contributed by atoms with E-state index in [1.807, 2.05) is 18.2 Å². The Morgan fingerprint density at radius 2 is 1.87 bits per heavy atom. The van der Waals surface area contributed by atoms with Crippen LogP contribution in [0.5, 0.6) is 11.5 Å². The molecule has 2 heterocycles. The average Bonchev–Trinajstić information content (AvgIpc) is 2.77. The SMILES string of the molecule is COc1ccc2c(c1)CCN1Cc3c(cccc3OS(=O)(=O)c3cccc(F)c3)CC21. The van der Waals surface area contributed by atoms with Crippen molar-refractivity contribution in [1.29, 1.82) is 0 Å². The minimum atomic E-state index is -4.13. The molecule has 160 valence electrons. The number of ether oxygens (including phenoxy) is 1. The highest BCUT2D eigenvalue weighted by molar-refractivity contribution is 7.87. The van der Waals surface area contributed by atoms with Crippen LogP contribution in [-0.4, -0.2) is 27.0 Å². The van der Waals surface area contributed by atoms with E-state index < -0.39 is 15.9 Å². The fraction of sp³-hybridized carbons (Fsp3) is 0.250. The molecule has 5 nitrogen and oxygen atoms in total. The van der Waals surface area contributed by atoms with Crippen molar-refractivity contribution in [2.75, 3.05) is 13.7 Å². The van der Waals surface area contributed by atoms with E-state index in [-0.39, 0.29) is 10.9 Å². The number of fused-ring (bicyclic) bond motifs is 4. The maximum absolute atomic E-state index is 13.5. The number of hydrogen-bond donors (Lipinski definition) is 0. The van der Waals surface area contributed by atoms with Crippen LogP contribution in [0.3, 0.4) is 0 Å². The lowest BCUT2D eigenvalue weighted by Gasteiger charge is -2.41. The molecule has 0 aromatic heterocycles. The largest absolute Gasteiger partial charge is 0.497 e. The van der Waals surface area contributed by atoms with Crippen LogP contribution < -0.4 is 8.92 Å². The van der Waals surface area contributed by atoms with Crippen molar-refractivity contribution in [3.8, 4) is 11.5 Å². The van der Waals surface area contributed by atoms with Crippen LogP contribution in [-0.2, 0) is 29.5 Å². The van der Waals surface area contributed by atoms with Gasteiger partial charge < -0.3 is 8.92 Å². The third-order valence-electron chi connectivity index (χ3n) is 6.11. The summed E-state index contributed by atoms with van der Waals surface area (Å²) in [5.74, 6) is 0.550. The molecule has 1 atom stereocenters. The number of nitrogens with zero attached hydrogens (tertiary/aromatic N) is 1. The van der Waals surface area contributed by atoms with Crippen LogP contribution in [0, 0.1) is 5.82 Å². The highest BCUT2D eigenvalue weighted by Crippen LogP contribution is 2.41. The van der Waals surface area contributed by atoms with Crippen molar-refractivity contribution in [3.63, 3.8) is 0 Å². The Morgan fingerprint density at radius 1 is 1.03 bits per heavy atom. The first kappa shape index (κ1) is 20.0. The molecule has 0 saturated heterocycles. The van der Waals surface area contributed by atoms with Gasteiger partial charge in [-0.05, 0) is 65.9 Å². The highest BCUT2D eigenvalue weighted by atomic mass is 32.2. The van der Waals surface area contributed by atoms with Gasteiger partial charge in [0.15, 0.2) is 0 Å². The molecule has 1 unspecified atom stereocenters. The molecule has 31 heavy (non-hydrogen) atoms. The van der Waals surface area contributed by atoms with Gasteiger partial charge >= 0.3 is 10.1 Å². The zero-order chi connectivity index (χ0) is 21.6. The van der Waals surface area contributed by atoms with Crippen molar-refractivity contribution in [2.45, 2.75) is 30.3 Å². The van der Waals surface area contributed by atoms with Gasteiger partial charge in [0.05, 0.1) is 7.11 Å². The van der Waals surface area contributed by atoms with Gasteiger partial charge in [0.25, 0.3) is 0 Å². The molecule has 2 aliphatic heterocycles. The van der Waals surface area contributed by atoms with E-state index in [9.17, 15) is 12.8 Å². The molecule has 0 aliphatic carbocycles. The predicted molar refractivity (Wildman–Crippen MR) is 114 cm³/mol. The minimum absolute atomic E-state index is 0.195. The first-order chi connectivity index (χ1) is 14.9. The van der Waals surface area contributed by atoms with Gasteiger partial charge in [-0.15, -0.1) is 0 Å². The van der Waals surface area contributed by atoms with Gasteiger partial charge in [-0.1, -0.05) is 24.3 Å². The number of hydrogen-bond acceptors (Lipinski definition) is 5. The van der Waals surface area contributed by atoms with E-state index in [1.54, 1.807) is 13.2 Å². The van der Waals surface area contributed by atoms with Gasteiger partial charge in [0, 0.05) is 24.7 Å². The third-order valence-corrected chi connectivity index (χ3v) is 7.34. The maximum Gasteiger partial charge on any atom is 0.339 e. The highest BCUT2D eigenvalue weighted by Gasteiger charge is 2.34. The average molecular weight is 440 g/mol. The molecule has 0 fully saturated rings. The van der Waals surface area contributed by atoms with Gasteiger partial charge in [-0.3, -0.25) is 4.90 Å². The Balaban J connectivity index is 1.47. The Morgan fingerprint density at radius 3 is 2.68 bits per heavy atom. The molecule has 0 saturated carbocycles. The predicted octanol–water partition coefficient (Wildman–Crippen LogP) is 4.26. The van der Waals surface area contributed by atoms with Crippen LogP contribution in [0.1, 0.15) is 28.3 Å². The Kier molecular flexibility index (Phi) is 4.95. The summed E-state index contributed by atoms with van der Waals surface area (Å²) in [6, 6.07) is 16.8. The van der Waals surface area contributed by atoms with E-state index in [0.29, 0.717) is 12.3 Å². The molecular formula is C24H22FNO4S. The molecule has 0 N–H and O–H groups in total. The summed E-state index contributed by atoms with van der Waals surface area (Å²) in [4.78, 5) is 2.17. The van der Waals surface area contributed by atoms with Crippen LogP contribution >= 0.6 is 0 Å². The maximum atomic E-state index is 13.5. The topological polar surface area (TPSA) is 55.8 Å². The zero-order valence-corrected chi connectivity index (χ0v) is 17.9. The van der Waals surface area contributed by atoms with E-state index in [0.717, 1.165) is 42.3 Å². The molecule has 5 rings (SSSR count). The molecule has 3 aromatic rings. The summed E-state index contributed by atoms with van der Waals surface area (Å²) < 4.78 is 49.8. The number of methoxy groups -OCH3 is 1. The number of halogens is 1. The van der Waals surface area contributed by atoms with E-state index in [2.05, 4.69) is 17.0 Å². The molecule has 7 heteroatoms. The standard InChI is InChI=1S/C24H22FNO4S/c1-29-19-8-9-21-17(12-19)10-11-26-15-22-16(13-23(21)26)4-2-7-24(22)30-31(27,28)20-6-3-5-18(25)14-20/h2-9,12,14,23H,10-11,13,15H2,1H3. The third kappa shape index (κ3) is 3.68. The van der Waals surface area contributed by atoms with Crippen LogP contribution in [0.4, 0.5) is 4.39 Å². The smallest absolute Gasteiger partial charge is 0.339 e. The van der Waals surface area contributed by atoms with E-state index in [4.69, 9.17) is 8.92 Å². The van der Waals surface area contributed by atoms with Crippen molar-refractivity contribution < 1.29 is 21.7 Å². The van der Waals surface area contributed by atoms with Gasteiger partial charge in [0.2, 0.25) is 0 Å². The summed E-state index contributed by atoms with van der Waals surface area (Å²) in [6.07, 6.45) is 1.68. The van der Waals surface area contributed by atoms with Crippen LogP contribution in [0.2, 0.25) is 0 Å². The lowest BCUT2D eigenvalue weighted by Crippen LogP contribution is -2.39. The van der Waals surface area contributed by atoms with Gasteiger partial charge in [-0.2, -0.15) is 8.42 Å². The summed E-state index contributed by atoms with van der Waals surface area (Å²) in [6.45, 7) is 1.47. The summed E-state index contributed by atoms with van der Waals surface area (Å²) >= 11 is 0. The first-order valence-electron chi connectivity index (χ1n) is 10.2. The fourth-order valence-corrected chi connectivity index (χ4v) is 5.55. The first-order valence-corrected chi connectivity index (χ1v) is 11.6. The molecular weight excluding hydrogens is 417 g/mol. The number of benzene rings is 3. The summed E-state index contributed by atoms with van der Waals surface area (Å²) in [7, 11) is -2.45. The summed E-state index contributed by atoms with van der Waals surface area (Å²) in [5.41, 5.74) is 4.52. The minimum Gasteiger partial charge on any atom is -0.497 e. The van der Waals surface area contributed by atoms with Gasteiger partial charge in [0.1, 0.15) is 22.2 Å². The second kappa shape index (κ2) is 7.66. The van der Waals surface area contributed by atoms with Crippen LogP contribution in [0.15, 0.2) is 65.6 Å². The summed E-state index contributed by atoms with van der Waals surface area (Å²) in [5, 5.41) is 0. The molecule has 2 aliphatic rings. The van der Waals surface area contributed by atoms with Crippen molar-refractivity contribution in [2.24, 2.45) is 0 Å². The fourth-order valence-electron chi connectivity index (χ4n) is 4.56. The van der Waals surface area contributed by atoms with E-state index >= 15 is 0 Å². The Bertz CT molecular complexity index is 1260. The van der Waals surface area contributed by atoms with Crippen molar-refractivity contribution in [3.05, 3.63) is 88.7 Å².